The summed E-state index contributed by atoms with van der Waals surface area (Å²) in [6, 6.07) is 3.81. The monoisotopic (exact) mass is 460 g/mol. The summed E-state index contributed by atoms with van der Waals surface area (Å²) in [6.45, 7) is 4.22. The van der Waals surface area contributed by atoms with Gasteiger partial charge in [-0.2, -0.15) is 5.26 Å². The van der Waals surface area contributed by atoms with Crippen molar-refractivity contribution in [2.24, 2.45) is 4.99 Å². The van der Waals surface area contributed by atoms with Gasteiger partial charge < -0.3 is 14.6 Å². The van der Waals surface area contributed by atoms with Crippen LogP contribution in [0, 0.1) is 18.3 Å². The average molecular weight is 461 g/mol. The SMILES string of the molecule is COC1=C(C)C(=O)C2=C3C1=NCC3N1C(C2)[C@H]2c3c(cc(C)c(OC)c3O)C[C@H]([C@@H]1C#N)N2C. The number of nitrogens with zero attached hydrogens (tertiary/aromatic N) is 4. The Morgan fingerprint density at radius 3 is 2.65 bits per heavy atom. The molecule has 34 heavy (non-hydrogen) atoms. The highest BCUT2D eigenvalue weighted by Crippen LogP contribution is 2.54. The van der Waals surface area contributed by atoms with Crippen molar-refractivity contribution in [3.05, 3.63) is 45.2 Å². The van der Waals surface area contributed by atoms with Crippen LogP contribution in [0.15, 0.2) is 33.5 Å². The number of phenols is 1. The van der Waals surface area contributed by atoms with Crippen molar-refractivity contribution in [3.8, 4) is 17.6 Å². The lowest BCUT2D eigenvalue weighted by atomic mass is 9.70. The number of nitriles is 1. The van der Waals surface area contributed by atoms with Crippen LogP contribution in [-0.2, 0) is 16.0 Å². The van der Waals surface area contributed by atoms with Gasteiger partial charge in [0.2, 0.25) is 0 Å². The van der Waals surface area contributed by atoms with Crippen LogP contribution in [0.2, 0.25) is 0 Å². The average Bonchev–Trinajstić information content (AvgIpc) is 3.24. The molecule has 0 radical (unpaired) electrons. The molecule has 0 saturated carbocycles. The first-order valence-corrected chi connectivity index (χ1v) is 11.7. The van der Waals surface area contributed by atoms with Crippen LogP contribution in [-0.4, -0.2) is 78.4 Å². The van der Waals surface area contributed by atoms with Crippen molar-refractivity contribution in [3.63, 3.8) is 0 Å². The van der Waals surface area contributed by atoms with E-state index in [1.807, 2.05) is 14.0 Å². The molecule has 1 aromatic rings. The molecule has 0 aromatic heterocycles. The van der Waals surface area contributed by atoms with Crippen LogP contribution >= 0.6 is 0 Å². The molecule has 2 bridgehead atoms. The highest BCUT2D eigenvalue weighted by atomic mass is 16.5. The number of carbonyl (C=O) groups is 1. The Balaban J connectivity index is 1.55. The van der Waals surface area contributed by atoms with Crippen LogP contribution in [0.3, 0.4) is 0 Å². The number of phenolic OH excluding ortho intramolecular Hbond substituents is 1. The lowest BCUT2D eigenvalue weighted by molar-refractivity contribution is -0.114. The second-order valence-corrected chi connectivity index (χ2v) is 9.91. The molecule has 1 saturated heterocycles. The van der Waals surface area contributed by atoms with E-state index in [0.717, 1.165) is 33.5 Å². The fraction of sp³-hybridized carbons (Fsp3) is 0.500. The van der Waals surface area contributed by atoms with Gasteiger partial charge in [0.25, 0.3) is 0 Å². The number of ketones is 1. The summed E-state index contributed by atoms with van der Waals surface area (Å²) >= 11 is 0. The zero-order chi connectivity index (χ0) is 24.0. The van der Waals surface area contributed by atoms with Crippen LogP contribution in [0.4, 0.5) is 0 Å². The minimum atomic E-state index is -0.356. The molecule has 8 heteroatoms. The summed E-state index contributed by atoms with van der Waals surface area (Å²) in [4.78, 5) is 22.8. The second kappa shape index (κ2) is 7.17. The minimum Gasteiger partial charge on any atom is -0.504 e. The molecule has 176 valence electrons. The maximum absolute atomic E-state index is 13.5. The molecule has 2 unspecified atom stereocenters. The molecule has 4 aliphatic heterocycles. The maximum Gasteiger partial charge on any atom is 0.188 e. The van der Waals surface area contributed by atoms with Gasteiger partial charge in [-0.25, -0.2) is 0 Å². The number of methoxy groups -OCH3 is 2. The fourth-order valence-electron chi connectivity index (χ4n) is 7.15. The highest BCUT2D eigenvalue weighted by Gasteiger charge is 2.58. The van der Waals surface area contributed by atoms with Crippen molar-refractivity contribution in [1.29, 1.82) is 5.26 Å². The molecule has 8 nitrogen and oxygen atoms in total. The van der Waals surface area contributed by atoms with Gasteiger partial charge in [0.1, 0.15) is 11.8 Å². The van der Waals surface area contributed by atoms with E-state index in [-0.39, 0.29) is 41.7 Å². The normalized spacial score (nSPS) is 32.1. The third kappa shape index (κ3) is 2.44. The van der Waals surface area contributed by atoms with E-state index in [1.165, 1.54) is 0 Å². The third-order valence-electron chi connectivity index (χ3n) is 8.50. The first kappa shape index (κ1) is 21.4. The third-order valence-corrected chi connectivity index (χ3v) is 8.50. The smallest absolute Gasteiger partial charge is 0.188 e. The van der Waals surface area contributed by atoms with E-state index in [4.69, 9.17) is 14.5 Å². The zero-order valence-corrected chi connectivity index (χ0v) is 20.0. The number of allylic oxidation sites excluding steroid dienone is 2. The molecule has 1 fully saturated rings. The Morgan fingerprint density at radius 2 is 1.97 bits per heavy atom. The van der Waals surface area contributed by atoms with Gasteiger partial charge in [0.15, 0.2) is 23.0 Å². The maximum atomic E-state index is 13.5. The lowest BCUT2D eigenvalue weighted by Crippen LogP contribution is -2.70. The van der Waals surface area contributed by atoms with E-state index < -0.39 is 0 Å². The van der Waals surface area contributed by atoms with Crippen molar-refractivity contribution in [2.45, 2.75) is 56.9 Å². The number of fused-ring (bicyclic) bond motifs is 7. The number of aromatic hydroxyl groups is 1. The number of Topliss-reactive ketones (excluding diaryl/α,β-unsaturated/α-hetero) is 1. The summed E-state index contributed by atoms with van der Waals surface area (Å²) in [5, 5.41) is 21.7. The Hall–Kier alpha value is -3.15. The van der Waals surface area contributed by atoms with E-state index in [0.29, 0.717) is 36.5 Å². The molecular weight excluding hydrogens is 432 g/mol. The summed E-state index contributed by atoms with van der Waals surface area (Å²) in [6.07, 6.45) is 1.16. The molecule has 5 atom stereocenters. The van der Waals surface area contributed by atoms with Gasteiger partial charge in [0.05, 0.1) is 38.9 Å². The number of carbonyl (C=O) groups excluding carboxylic acids is 1. The van der Waals surface area contributed by atoms with Gasteiger partial charge in [-0.3, -0.25) is 19.6 Å². The number of hydrogen-bond donors (Lipinski definition) is 1. The topological polar surface area (TPSA) is 98.4 Å². The van der Waals surface area contributed by atoms with Crippen LogP contribution in [0.25, 0.3) is 0 Å². The number of aryl methyl sites for hydroxylation is 1. The molecule has 4 heterocycles. The Kier molecular flexibility index (Phi) is 4.51. The van der Waals surface area contributed by atoms with Crippen LogP contribution in [0.5, 0.6) is 11.5 Å². The number of likely N-dealkylation sites (N-methyl/N-ethyl adjacent to an activating group) is 1. The van der Waals surface area contributed by atoms with E-state index in [1.54, 1.807) is 21.1 Å². The van der Waals surface area contributed by atoms with Crippen molar-refractivity contribution >= 4 is 11.5 Å². The predicted octanol–water partition coefficient (Wildman–Crippen LogP) is 2.21. The standard InChI is InChI=1S/C26H28N4O4/c1-11-6-13-7-15-17(9-27)30-16(22(29(15)3)19(13)24(32)25(11)33-4)8-14-20-18(30)10-28-21(20)26(34-5)12(2)23(14)31/h6,15-18,22,32H,7-8,10H2,1-5H3/t15-,16?,17+,18?,22+/m1/s1. The quantitative estimate of drug-likeness (QED) is 0.676. The zero-order valence-electron chi connectivity index (χ0n) is 20.0. The first-order chi connectivity index (χ1) is 16.3. The number of benzene rings is 1. The van der Waals surface area contributed by atoms with Crippen molar-refractivity contribution in [1.82, 2.24) is 9.80 Å². The molecule has 1 aliphatic carbocycles. The van der Waals surface area contributed by atoms with Gasteiger partial charge in [-0.15, -0.1) is 0 Å². The molecular formula is C26H28N4O4. The van der Waals surface area contributed by atoms with Gasteiger partial charge >= 0.3 is 0 Å². The summed E-state index contributed by atoms with van der Waals surface area (Å²) in [5.74, 6) is 1.20. The Morgan fingerprint density at radius 1 is 1.21 bits per heavy atom. The molecule has 6 rings (SSSR count). The summed E-state index contributed by atoms with van der Waals surface area (Å²) in [5.41, 5.74) is 5.83. The molecule has 1 N–H and O–H groups in total. The van der Waals surface area contributed by atoms with Crippen LogP contribution < -0.4 is 4.74 Å². The molecule has 5 aliphatic rings. The number of piperazine rings is 1. The van der Waals surface area contributed by atoms with Gasteiger partial charge in [-0.1, -0.05) is 6.07 Å². The van der Waals surface area contributed by atoms with E-state index >= 15 is 0 Å². The number of aliphatic imine (C=N–C) groups is 1. The number of hydrogen-bond acceptors (Lipinski definition) is 8. The molecule has 1 aromatic carbocycles. The summed E-state index contributed by atoms with van der Waals surface area (Å²) < 4.78 is 11.1. The Labute approximate surface area is 198 Å². The van der Waals surface area contributed by atoms with Gasteiger partial charge in [0, 0.05) is 34.4 Å². The highest BCUT2D eigenvalue weighted by molar-refractivity contribution is 6.27. The second-order valence-electron chi connectivity index (χ2n) is 9.91. The van der Waals surface area contributed by atoms with Gasteiger partial charge in [-0.05, 0) is 44.9 Å². The van der Waals surface area contributed by atoms with E-state index in [9.17, 15) is 15.2 Å². The number of rotatable bonds is 2. The molecule has 0 spiro atoms. The van der Waals surface area contributed by atoms with E-state index in [2.05, 4.69) is 21.9 Å². The number of ether oxygens (including phenoxy) is 2. The largest absolute Gasteiger partial charge is 0.504 e. The van der Waals surface area contributed by atoms with Crippen molar-refractivity contribution in [2.75, 3.05) is 27.8 Å². The predicted molar refractivity (Wildman–Crippen MR) is 125 cm³/mol. The van der Waals surface area contributed by atoms with Crippen molar-refractivity contribution < 1.29 is 19.4 Å². The minimum absolute atomic E-state index is 0.00243. The van der Waals surface area contributed by atoms with Crippen LogP contribution in [0.1, 0.15) is 36.1 Å². The summed E-state index contributed by atoms with van der Waals surface area (Å²) in [7, 11) is 5.18. The Bertz CT molecular complexity index is 1290. The first-order valence-electron chi connectivity index (χ1n) is 11.7. The lowest BCUT2D eigenvalue weighted by Gasteiger charge is -2.59. The molecule has 0 amide bonds. The fourth-order valence-corrected chi connectivity index (χ4v) is 7.15.